The predicted octanol–water partition coefficient (Wildman–Crippen LogP) is 1.25. The third kappa shape index (κ3) is 0.852. The summed E-state index contributed by atoms with van der Waals surface area (Å²) in [6.45, 7) is 1.96. The number of aromatic amines is 1. The largest absolute Gasteiger partial charge is 0.369 e. The monoisotopic (exact) mass is 146 g/mol. The number of nitrogens with zero attached hydrogens (tertiary/aromatic N) is 1. The highest BCUT2D eigenvalue weighted by Crippen LogP contribution is 2.15. The summed E-state index contributed by atoms with van der Waals surface area (Å²) in [5.74, 6) is 0.461. The maximum atomic E-state index is 5.48. The number of H-pyrrole nitrogens is 1. The van der Waals surface area contributed by atoms with Gasteiger partial charge in [0.05, 0.1) is 11.0 Å². The van der Waals surface area contributed by atoms with Crippen molar-refractivity contribution in [3.63, 3.8) is 0 Å². The Labute approximate surface area is 64.2 Å². The average Bonchev–Trinajstić information content (AvgIpc) is 2.31. The van der Waals surface area contributed by atoms with Crippen LogP contribution in [0.25, 0.3) is 11.0 Å². The number of benzene rings is 1. The first-order chi connectivity index (χ1) is 5.27. The molecule has 0 fully saturated rings. The Bertz CT molecular complexity index is 389. The van der Waals surface area contributed by atoms with Crippen LogP contribution in [0.2, 0.25) is 0 Å². The van der Waals surface area contributed by atoms with Crippen molar-refractivity contribution >= 4 is 17.0 Å². The van der Waals surface area contributed by atoms with Crippen LogP contribution in [0.3, 0.4) is 0 Å². The minimum atomic E-state index is 0.461. The fourth-order valence-electron chi connectivity index (χ4n) is 1.13. The zero-order valence-electron chi connectivity index (χ0n) is 6.18. The lowest BCUT2D eigenvalue weighted by atomic mass is 10.2. The zero-order valence-corrected chi connectivity index (χ0v) is 6.18. The Hall–Kier alpha value is -1.51. The number of rotatable bonds is 0. The van der Waals surface area contributed by atoms with E-state index in [1.165, 1.54) is 0 Å². The standard InChI is InChI=1S/C8H8N3/c1-5-3-2-4-6-7(5)11-8(9)10-6/h2,4H,1H3,(H3,9,10,11). The van der Waals surface area contributed by atoms with E-state index in [0.717, 1.165) is 16.6 Å². The van der Waals surface area contributed by atoms with Gasteiger partial charge in [-0.15, -0.1) is 0 Å². The number of fused-ring (bicyclic) bond motifs is 1. The maximum Gasteiger partial charge on any atom is 0.198 e. The number of nitrogen functional groups attached to an aromatic ring is 1. The first-order valence-corrected chi connectivity index (χ1v) is 3.40. The van der Waals surface area contributed by atoms with Crippen molar-refractivity contribution in [1.29, 1.82) is 0 Å². The molecule has 2 rings (SSSR count). The molecule has 0 unspecified atom stereocenters. The lowest BCUT2D eigenvalue weighted by Gasteiger charge is -1.89. The molecule has 0 aliphatic heterocycles. The van der Waals surface area contributed by atoms with E-state index in [0.29, 0.717) is 5.95 Å². The smallest absolute Gasteiger partial charge is 0.198 e. The number of aryl methyl sites for hydroxylation is 1. The summed E-state index contributed by atoms with van der Waals surface area (Å²) in [6, 6.07) is 6.81. The molecule has 0 aliphatic rings. The lowest BCUT2D eigenvalue weighted by Crippen LogP contribution is -1.84. The van der Waals surface area contributed by atoms with Gasteiger partial charge in [0.25, 0.3) is 0 Å². The number of nitrogens with one attached hydrogen (secondary N) is 1. The Kier molecular flexibility index (Phi) is 1.12. The predicted molar refractivity (Wildman–Crippen MR) is 44.1 cm³/mol. The number of hydrogen-bond donors (Lipinski definition) is 2. The molecule has 1 aromatic heterocycles. The van der Waals surface area contributed by atoms with E-state index in [2.05, 4.69) is 16.0 Å². The van der Waals surface area contributed by atoms with Crippen molar-refractivity contribution in [3.8, 4) is 0 Å². The van der Waals surface area contributed by atoms with Crippen LogP contribution in [0.5, 0.6) is 0 Å². The molecule has 0 saturated carbocycles. The molecule has 2 aromatic rings. The molecule has 0 atom stereocenters. The molecule has 0 bridgehead atoms. The van der Waals surface area contributed by atoms with Crippen LogP contribution < -0.4 is 5.73 Å². The Morgan fingerprint density at radius 3 is 3.18 bits per heavy atom. The van der Waals surface area contributed by atoms with Gasteiger partial charge in [-0.1, -0.05) is 6.07 Å². The van der Waals surface area contributed by atoms with Gasteiger partial charge in [0, 0.05) is 0 Å². The fraction of sp³-hybridized carbons (Fsp3) is 0.125. The van der Waals surface area contributed by atoms with Gasteiger partial charge in [0.2, 0.25) is 0 Å². The van der Waals surface area contributed by atoms with Gasteiger partial charge in [0.15, 0.2) is 5.95 Å². The molecule has 0 spiro atoms. The second-order valence-electron chi connectivity index (χ2n) is 2.49. The Balaban J connectivity index is 2.90. The van der Waals surface area contributed by atoms with Crippen LogP contribution >= 0.6 is 0 Å². The average molecular weight is 146 g/mol. The number of aromatic nitrogens is 2. The first-order valence-electron chi connectivity index (χ1n) is 3.40. The molecule has 0 saturated heterocycles. The highest BCUT2D eigenvalue weighted by Gasteiger charge is 2.00. The molecule has 1 heterocycles. The summed E-state index contributed by atoms with van der Waals surface area (Å²) in [7, 11) is 0. The van der Waals surface area contributed by atoms with E-state index in [1.54, 1.807) is 0 Å². The molecule has 55 valence electrons. The Morgan fingerprint density at radius 1 is 1.64 bits per heavy atom. The van der Waals surface area contributed by atoms with Crippen molar-refractivity contribution in [2.45, 2.75) is 6.92 Å². The fourth-order valence-corrected chi connectivity index (χ4v) is 1.13. The SMILES string of the molecule is Cc1[c]ccc2[nH]c(N)nc12. The van der Waals surface area contributed by atoms with Crippen LogP contribution in [-0.2, 0) is 0 Å². The molecular weight excluding hydrogens is 138 g/mol. The topological polar surface area (TPSA) is 54.7 Å². The van der Waals surface area contributed by atoms with Crippen LogP contribution in [-0.4, -0.2) is 9.97 Å². The molecule has 3 N–H and O–H groups in total. The van der Waals surface area contributed by atoms with Crippen LogP contribution in [0.4, 0.5) is 5.95 Å². The van der Waals surface area contributed by atoms with Crippen molar-refractivity contribution in [3.05, 3.63) is 23.8 Å². The van der Waals surface area contributed by atoms with E-state index in [4.69, 9.17) is 5.73 Å². The number of imidazole rings is 1. The number of anilines is 1. The highest BCUT2D eigenvalue weighted by atomic mass is 15.0. The van der Waals surface area contributed by atoms with Gasteiger partial charge in [-0.25, -0.2) is 4.98 Å². The van der Waals surface area contributed by atoms with Gasteiger partial charge < -0.3 is 10.7 Å². The molecule has 0 aliphatic carbocycles. The Morgan fingerprint density at radius 2 is 2.45 bits per heavy atom. The maximum absolute atomic E-state index is 5.48. The van der Waals surface area contributed by atoms with Gasteiger partial charge in [-0.3, -0.25) is 0 Å². The third-order valence-electron chi connectivity index (χ3n) is 1.66. The van der Waals surface area contributed by atoms with Crippen molar-refractivity contribution in [2.75, 3.05) is 5.73 Å². The summed E-state index contributed by atoms with van der Waals surface area (Å²) in [4.78, 5) is 7.05. The van der Waals surface area contributed by atoms with Crippen molar-refractivity contribution in [1.82, 2.24) is 9.97 Å². The van der Waals surface area contributed by atoms with E-state index in [1.807, 2.05) is 19.1 Å². The molecule has 1 aromatic carbocycles. The van der Waals surface area contributed by atoms with E-state index < -0.39 is 0 Å². The number of nitrogens with two attached hydrogens (primary N) is 1. The van der Waals surface area contributed by atoms with Gasteiger partial charge >= 0.3 is 0 Å². The third-order valence-corrected chi connectivity index (χ3v) is 1.66. The normalized spacial score (nSPS) is 10.6. The highest BCUT2D eigenvalue weighted by molar-refractivity contribution is 5.79. The summed E-state index contributed by atoms with van der Waals surface area (Å²) in [5, 5.41) is 0. The van der Waals surface area contributed by atoms with Crippen molar-refractivity contribution < 1.29 is 0 Å². The van der Waals surface area contributed by atoms with E-state index in [9.17, 15) is 0 Å². The molecule has 0 amide bonds. The summed E-state index contributed by atoms with van der Waals surface area (Å²) in [6.07, 6.45) is 0. The van der Waals surface area contributed by atoms with E-state index in [-0.39, 0.29) is 0 Å². The zero-order chi connectivity index (χ0) is 7.84. The molecule has 3 heteroatoms. The van der Waals surface area contributed by atoms with Gasteiger partial charge in [-0.2, -0.15) is 0 Å². The van der Waals surface area contributed by atoms with Crippen LogP contribution in [0, 0.1) is 13.0 Å². The minimum Gasteiger partial charge on any atom is -0.369 e. The van der Waals surface area contributed by atoms with Gasteiger partial charge in [0.1, 0.15) is 0 Å². The van der Waals surface area contributed by atoms with Gasteiger partial charge in [-0.05, 0) is 24.6 Å². The number of hydrogen-bond acceptors (Lipinski definition) is 2. The summed E-state index contributed by atoms with van der Waals surface area (Å²) < 4.78 is 0. The lowest BCUT2D eigenvalue weighted by molar-refractivity contribution is 1.35. The summed E-state index contributed by atoms with van der Waals surface area (Å²) in [5.41, 5.74) is 8.38. The summed E-state index contributed by atoms with van der Waals surface area (Å²) >= 11 is 0. The molecule has 1 radical (unpaired) electrons. The van der Waals surface area contributed by atoms with Crippen LogP contribution in [0.1, 0.15) is 5.56 Å². The second kappa shape index (κ2) is 1.99. The molecule has 3 nitrogen and oxygen atoms in total. The quantitative estimate of drug-likeness (QED) is 0.587. The van der Waals surface area contributed by atoms with Crippen molar-refractivity contribution in [2.24, 2.45) is 0 Å². The van der Waals surface area contributed by atoms with Crippen LogP contribution in [0.15, 0.2) is 12.1 Å². The minimum absolute atomic E-state index is 0.461. The molecular formula is C8H8N3. The van der Waals surface area contributed by atoms with E-state index >= 15 is 0 Å². The first kappa shape index (κ1) is 6.22. The second-order valence-corrected chi connectivity index (χ2v) is 2.49. The molecule has 11 heavy (non-hydrogen) atoms.